The summed E-state index contributed by atoms with van der Waals surface area (Å²) in [7, 11) is 0. The molecule has 2 aromatic rings. The lowest BCUT2D eigenvalue weighted by molar-refractivity contribution is -0.173. The number of nitrogens with zero attached hydrogens (tertiary/aromatic N) is 3. The van der Waals surface area contributed by atoms with Gasteiger partial charge in [0.05, 0.1) is 19.3 Å². The monoisotopic (exact) mass is 501 g/mol. The number of benzene rings is 1. The van der Waals surface area contributed by atoms with Crippen molar-refractivity contribution in [2.45, 2.75) is 24.7 Å². The van der Waals surface area contributed by atoms with Gasteiger partial charge in [0.2, 0.25) is 0 Å². The zero-order chi connectivity index (χ0) is 22.0. The van der Waals surface area contributed by atoms with Crippen LogP contribution in [0.5, 0.6) is 0 Å². The van der Waals surface area contributed by atoms with Gasteiger partial charge in [-0.2, -0.15) is 18.3 Å². The molecule has 7 nitrogen and oxygen atoms in total. The van der Waals surface area contributed by atoms with Gasteiger partial charge < -0.3 is 15.4 Å². The number of morpholine rings is 1. The Morgan fingerprint density at radius 1 is 1.26 bits per heavy atom. The zero-order valence-corrected chi connectivity index (χ0v) is 18.2. The van der Waals surface area contributed by atoms with Crippen LogP contribution in [0.4, 0.5) is 19.0 Å². The minimum atomic E-state index is -4.49. The molecule has 2 N–H and O–H groups in total. The van der Waals surface area contributed by atoms with Crippen LogP contribution in [0, 0.1) is 0 Å². The second-order valence-electron chi connectivity index (χ2n) is 7.61. The first-order valence-corrected chi connectivity index (χ1v) is 10.9. The Balaban J connectivity index is 1.48. The Morgan fingerprint density at radius 2 is 1.97 bits per heavy atom. The third-order valence-corrected chi connectivity index (χ3v) is 6.04. The molecule has 0 aliphatic carbocycles. The third-order valence-electron chi connectivity index (χ3n) is 5.51. The lowest BCUT2D eigenvalue weighted by Gasteiger charge is -2.33. The van der Waals surface area contributed by atoms with Crippen molar-refractivity contribution < 1.29 is 22.7 Å². The average molecular weight is 502 g/mol. The number of hydrogen-bond donors (Lipinski definition) is 2. The van der Waals surface area contributed by atoms with Crippen LogP contribution in [0.2, 0.25) is 0 Å². The maximum atomic E-state index is 13.8. The quantitative estimate of drug-likeness (QED) is 0.657. The summed E-state index contributed by atoms with van der Waals surface area (Å²) in [4.78, 5) is 14.7. The predicted octanol–water partition coefficient (Wildman–Crippen LogP) is 3.37. The third kappa shape index (κ3) is 5.21. The Kier molecular flexibility index (Phi) is 6.54. The molecule has 168 valence electrons. The minimum Gasteiger partial charge on any atom is -0.379 e. The molecule has 2 aliphatic heterocycles. The number of anilines is 1. The number of alkyl halides is 3. The van der Waals surface area contributed by atoms with Crippen LogP contribution in [0.15, 0.2) is 34.8 Å². The molecule has 0 bridgehead atoms. The van der Waals surface area contributed by atoms with Crippen molar-refractivity contribution in [1.29, 1.82) is 0 Å². The number of fused-ring (bicyclic) bond motifs is 1. The van der Waals surface area contributed by atoms with Crippen LogP contribution in [-0.2, 0) is 4.74 Å². The van der Waals surface area contributed by atoms with E-state index >= 15 is 0 Å². The molecule has 0 spiro atoms. The Bertz CT molecular complexity index is 913. The highest BCUT2D eigenvalue weighted by molar-refractivity contribution is 9.10. The second kappa shape index (κ2) is 9.17. The SMILES string of the molecule is O=C(NCCN1CCOCC1)c1cc2n(n1)[C@@H](C(F)(F)F)C[C@@H](c1ccc(Br)cc1)N2. The minimum absolute atomic E-state index is 0.0322. The molecule has 31 heavy (non-hydrogen) atoms. The second-order valence-corrected chi connectivity index (χ2v) is 8.53. The van der Waals surface area contributed by atoms with Crippen LogP contribution in [0.1, 0.15) is 34.6 Å². The lowest BCUT2D eigenvalue weighted by atomic mass is 9.97. The lowest BCUT2D eigenvalue weighted by Crippen LogP contribution is -2.41. The summed E-state index contributed by atoms with van der Waals surface area (Å²) in [5, 5.41) is 9.83. The van der Waals surface area contributed by atoms with E-state index in [2.05, 4.69) is 36.6 Å². The van der Waals surface area contributed by atoms with Gasteiger partial charge in [0, 0.05) is 43.1 Å². The summed E-state index contributed by atoms with van der Waals surface area (Å²) in [6, 6.07) is 6.17. The Hall–Kier alpha value is -2.11. The number of amides is 1. The normalized spacial score (nSPS) is 21.9. The number of halogens is 4. The number of hydrogen-bond acceptors (Lipinski definition) is 5. The number of nitrogens with one attached hydrogen (secondary N) is 2. The van der Waals surface area contributed by atoms with Crippen molar-refractivity contribution in [3.63, 3.8) is 0 Å². The van der Waals surface area contributed by atoms with E-state index in [1.165, 1.54) is 6.07 Å². The highest BCUT2D eigenvalue weighted by Crippen LogP contribution is 2.43. The van der Waals surface area contributed by atoms with Crippen LogP contribution in [0.3, 0.4) is 0 Å². The molecule has 1 fully saturated rings. The Morgan fingerprint density at radius 3 is 2.65 bits per heavy atom. The fourth-order valence-corrected chi connectivity index (χ4v) is 4.11. The van der Waals surface area contributed by atoms with Gasteiger partial charge in [0.1, 0.15) is 5.82 Å². The van der Waals surface area contributed by atoms with Gasteiger partial charge in [-0.05, 0) is 17.7 Å². The van der Waals surface area contributed by atoms with Gasteiger partial charge in [0.15, 0.2) is 11.7 Å². The fraction of sp³-hybridized carbons (Fsp3) is 0.500. The number of ether oxygens (including phenoxy) is 1. The molecule has 3 heterocycles. The number of carbonyl (C=O) groups is 1. The first-order chi connectivity index (χ1) is 14.8. The van der Waals surface area contributed by atoms with Crippen LogP contribution in [0.25, 0.3) is 0 Å². The van der Waals surface area contributed by atoms with Gasteiger partial charge in [-0.25, -0.2) is 4.68 Å². The Labute approximate surface area is 186 Å². The summed E-state index contributed by atoms with van der Waals surface area (Å²) in [5.74, 6) is -0.308. The molecule has 4 rings (SSSR count). The molecule has 1 amide bonds. The smallest absolute Gasteiger partial charge is 0.379 e. The number of rotatable bonds is 5. The highest BCUT2D eigenvalue weighted by Gasteiger charge is 2.46. The van der Waals surface area contributed by atoms with Crippen LogP contribution >= 0.6 is 15.9 Å². The average Bonchev–Trinajstić information content (AvgIpc) is 3.18. The highest BCUT2D eigenvalue weighted by atomic mass is 79.9. The van der Waals surface area contributed by atoms with Gasteiger partial charge >= 0.3 is 6.18 Å². The van der Waals surface area contributed by atoms with Crippen molar-refractivity contribution in [3.05, 3.63) is 46.1 Å². The summed E-state index contributed by atoms with van der Waals surface area (Å²) >= 11 is 3.34. The zero-order valence-electron chi connectivity index (χ0n) is 16.7. The van der Waals surface area contributed by atoms with Crippen molar-refractivity contribution in [2.24, 2.45) is 0 Å². The summed E-state index contributed by atoms with van der Waals surface area (Å²) in [6.07, 6.45) is -4.70. The van der Waals surface area contributed by atoms with Gasteiger partial charge in [-0.15, -0.1) is 0 Å². The molecular formula is C20H23BrF3N5O2. The van der Waals surface area contributed by atoms with E-state index in [0.717, 1.165) is 27.8 Å². The molecule has 2 aliphatic rings. The molecular weight excluding hydrogens is 479 g/mol. The largest absolute Gasteiger partial charge is 0.410 e. The van der Waals surface area contributed by atoms with Crippen LogP contribution in [-0.4, -0.2) is 66.2 Å². The topological polar surface area (TPSA) is 71.4 Å². The molecule has 1 saturated heterocycles. The van der Waals surface area contributed by atoms with Gasteiger partial charge in [0.25, 0.3) is 5.91 Å². The molecule has 2 atom stereocenters. The van der Waals surface area contributed by atoms with Crippen molar-refractivity contribution in [2.75, 3.05) is 44.7 Å². The van der Waals surface area contributed by atoms with E-state index in [-0.39, 0.29) is 17.9 Å². The molecule has 0 radical (unpaired) electrons. The van der Waals surface area contributed by atoms with Crippen molar-refractivity contribution in [3.8, 4) is 0 Å². The van der Waals surface area contributed by atoms with E-state index in [1.807, 2.05) is 0 Å². The summed E-state index contributed by atoms with van der Waals surface area (Å²) < 4.78 is 48.4. The van der Waals surface area contributed by atoms with E-state index in [4.69, 9.17) is 4.74 Å². The maximum absolute atomic E-state index is 13.8. The standard InChI is InChI=1S/C20H23BrF3N5O2/c21-14-3-1-13(2-4-14)15-11-17(20(22,23)24)29-18(26-15)12-16(27-29)19(30)25-5-6-28-7-9-31-10-8-28/h1-4,12,15,17,26H,5-11H2,(H,25,30)/t15-,17+/m0/s1. The number of aromatic nitrogens is 2. The fourth-order valence-electron chi connectivity index (χ4n) is 3.84. The number of carbonyl (C=O) groups excluding carboxylic acids is 1. The van der Waals surface area contributed by atoms with E-state index < -0.39 is 24.2 Å². The van der Waals surface area contributed by atoms with E-state index in [9.17, 15) is 18.0 Å². The molecule has 1 aromatic carbocycles. The molecule has 0 unspecified atom stereocenters. The van der Waals surface area contributed by atoms with E-state index in [0.29, 0.717) is 26.3 Å². The van der Waals surface area contributed by atoms with E-state index in [1.54, 1.807) is 24.3 Å². The molecule has 0 saturated carbocycles. The molecule has 1 aromatic heterocycles. The maximum Gasteiger partial charge on any atom is 0.410 e. The van der Waals surface area contributed by atoms with Crippen molar-refractivity contribution >= 4 is 27.7 Å². The van der Waals surface area contributed by atoms with Gasteiger partial charge in [-0.1, -0.05) is 28.1 Å². The van der Waals surface area contributed by atoms with Crippen LogP contribution < -0.4 is 10.6 Å². The van der Waals surface area contributed by atoms with Gasteiger partial charge in [-0.3, -0.25) is 9.69 Å². The van der Waals surface area contributed by atoms with Crippen molar-refractivity contribution in [1.82, 2.24) is 20.0 Å². The first-order valence-electron chi connectivity index (χ1n) is 10.1. The molecule has 11 heteroatoms. The summed E-state index contributed by atoms with van der Waals surface area (Å²) in [6.45, 7) is 3.94. The predicted molar refractivity (Wildman–Crippen MR) is 112 cm³/mol. The first kappa shape index (κ1) is 22.1. The summed E-state index contributed by atoms with van der Waals surface area (Å²) in [5.41, 5.74) is 0.705.